The summed E-state index contributed by atoms with van der Waals surface area (Å²) >= 11 is 0. The number of nitrogens with one attached hydrogen (secondary N) is 1. The first-order chi connectivity index (χ1) is 15.5. The number of ether oxygens (including phenoxy) is 2. The summed E-state index contributed by atoms with van der Waals surface area (Å²) in [6.07, 6.45) is -1.27. The van der Waals surface area contributed by atoms with E-state index in [1.165, 1.54) is 12.1 Å². The molecule has 0 spiro atoms. The molecule has 0 heterocycles. The predicted molar refractivity (Wildman–Crippen MR) is 123 cm³/mol. The van der Waals surface area contributed by atoms with Gasteiger partial charge in [-0.05, 0) is 72.4 Å². The first-order valence-electron chi connectivity index (χ1n) is 11.6. The lowest BCUT2D eigenvalue weighted by Crippen LogP contribution is -2.31. The Balaban J connectivity index is 1.77. The van der Waals surface area contributed by atoms with Crippen molar-refractivity contribution in [2.24, 2.45) is 11.3 Å². The molecule has 1 fully saturated rings. The van der Waals surface area contributed by atoms with Crippen molar-refractivity contribution in [3.63, 3.8) is 0 Å². The lowest BCUT2D eigenvalue weighted by Gasteiger charge is -2.37. The third-order valence-electron chi connectivity index (χ3n) is 6.43. The summed E-state index contributed by atoms with van der Waals surface area (Å²) < 4.78 is 53.0. The maximum atomic E-state index is 14.1. The standard InChI is InChI=1S/C26H34F3NO3/c1-5-32-23(31)16-30-15-17-6-12-21-18(14-17)7-13-22(24(21)26(27,28)29)33-20-10-8-19(9-11-20)25(2,3)4/h6-7,12-14,19-20,30H,5,8-11,15-16H2,1-4H3. The fourth-order valence-electron chi connectivity index (χ4n) is 4.61. The molecular formula is C26H34F3NO3. The van der Waals surface area contributed by atoms with Crippen LogP contribution in [-0.4, -0.2) is 25.2 Å². The molecule has 1 saturated carbocycles. The zero-order valence-corrected chi connectivity index (χ0v) is 19.8. The number of fused-ring (bicyclic) bond motifs is 1. The molecule has 1 aliphatic carbocycles. The molecule has 4 nitrogen and oxygen atoms in total. The third-order valence-corrected chi connectivity index (χ3v) is 6.43. The molecule has 1 aliphatic rings. The van der Waals surface area contributed by atoms with Crippen molar-refractivity contribution in [2.75, 3.05) is 13.2 Å². The van der Waals surface area contributed by atoms with E-state index in [4.69, 9.17) is 9.47 Å². The lowest BCUT2D eigenvalue weighted by molar-refractivity contribution is -0.142. The van der Waals surface area contributed by atoms with Gasteiger partial charge < -0.3 is 14.8 Å². The van der Waals surface area contributed by atoms with Crippen LogP contribution in [-0.2, 0) is 22.3 Å². The molecule has 0 bridgehead atoms. The van der Waals surface area contributed by atoms with Crippen LogP contribution in [0.3, 0.4) is 0 Å². The van der Waals surface area contributed by atoms with E-state index in [1.807, 2.05) is 0 Å². The Hall–Kier alpha value is -2.28. The molecule has 0 aliphatic heterocycles. The first-order valence-corrected chi connectivity index (χ1v) is 11.6. The molecule has 0 aromatic heterocycles. The monoisotopic (exact) mass is 465 g/mol. The van der Waals surface area contributed by atoms with Gasteiger partial charge in [0, 0.05) is 6.54 Å². The van der Waals surface area contributed by atoms with Crippen molar-refractivity contribution in [3.05, 3.63) is 41.5 Å². The smallest absolute Gasteiger partial charge is 0.420 e. The normalized spacial score (nSPS) is 19.5. The first kappa shape index (κ1) is 25.3. The number of carbonyl (C=O) groups excluding carboxylic acids is 1. The Labute approximate surface area is 193 Å². The Bertz CT molecular complexity index is 958. The van der Waals surface area contributed by atoms with Crippen LogP contribution in [0.2, 0.25) is 0 Å². The molecule has 2 aromatic rings. The van der Waals surface area contributed by atoms with Gasteiger partial charge in [-0.3, -0.25) is 4.79 Å². The van der Waals surface area contributed by atoms with Gasteiger partial charge in [-0.1, -0.05) is 39.0 Å². The second-order valence-corrected chi connectivity index (χ2v) is 9.86. The summed E-state index contributed by atoms with van der Waals surface area (Å²) in [6.45, 7) is 9.07. The number of hydrogen-bond acceptors (Lipinski definition) is 4. The second-order valence-electron chi connectivity index (χ2n) is 9.86. The maximum absolute atomic E-state index is 14.1. The maximum Gasteiger partial charge on any atom is 0.420 e. The molecule has 0 amide bonds. The Morgan fingerprint density at radius 1 is 1.06 bits per heavy atom. The van der Waals surface area contributed by atoms with Crippen LogP contribution in [0.1, 0.15) is 64.5 Å². The van der Waals surface area contributed by atoms with Gasteiger partial charge in [0.15, 0.2) is 0 Å². The Morgan fingerprint density at radius 3 is 2.36 bits per heavy atom. The van der Waals surface area contributed by atoms with Crippen molar-refractivity contribution >= 4 is 16.7 Å². The molecule has 3 rings (SSSR count). The van der Waals surface area contributed by atoms with Crippen LogP contribution in [0, 0.1) is 11.3 Å². The van der Waals surface area contributed by atoms with Gasteiger partial charge in [0.1, 0.15) is 11.3 Å². The van der Waals surface area contributed by atoms with Crippen LogP contribution < -0.4 is 10.1 Å². The summed E-state index contributed by atoms with van der Waals surface area (Å²) in [7, 11) is 0. The highest BCUT2D eigenvalue weighted by atomic mass is 19.4. The molecule has 7 heteroatoms. The van der Waals surface area contributed by atoms with E-state index in [0.29, 0.717) is 24.5 Å². The lowest BCUT2D eigenvalue weighted by atomic mass is 9.72. The van der Waals surface area contributed by atoms with E-state index >= 15 is 0 Å². The topological polar surface area (TPSA) is 47.6 Å². The highest BCUT2D eigenvalue weighted by Crippen LogP contribution is 2.44. The highest BCUT2D eigenvalue weighted by molar-refractivity contribution is 5.89. The quantitative estimate of drug-likeness (QED) is 0.475. The number of alkyl halides is 3. The highest BCUT2D eigenvalue weighted by Gasteiger charge is 2.38. The number of benzene rings is 2. The largest absolute Gasteiger partial charge is 0.490 e. The van der Waals surface area contributed by atoms with E-state index in [0.717, 1.165) is 31.2 Å². The van der Waals surface area contributed by atoms with Crippen LogP contribution in [0.15, 0.2) is 30.3 Å². The van der Waals surface area contributed by atoms with Crippen LogP contribution in [0.25, 0.3) is 10.8 Å². The van der Waals surface area contributed by atoms with E-state index in [9.17, 15) is 18.0 Å². The molecule has 0 radical (unpaired) electrons. The third kappa shape index (κ3) is 6.62. The molecule has 0 atom stereocenters. The van der Waals surface area contributed by atoms with Gasteiger partial charge in [0.25, 0.3) is 0 Å². The molecule has 1 N–H and O–H groups in total. The second kappa shape index (κ2) is 10.3. The van der Waals surface area contributed by atoms with Gasteiger partial charge >= 0.3 is 12.1 Å². The van der Waals surface area contributed by atoms with Gasteiger partial charge in [-0.2, -0.15) is 13.2 Å². The van der Waals surface area contributed by atoms with Crippen molar-refractivity contribution < 1.29 is 27.4 Å². The van der Waals surface area contributed by atoms with Crippen LogP contribution in [0.4, 0.5) is 13.2 Å². The minimum atomic E-state index is -4.53. The molecule has 2 aromatic carbocycles. The van der Waals surface area contributed by atoms with Gasteiger partial charge in [-0.15, -0.1) is 0 Å². The van der Waals surface area contributed by atoms with E-state index in [-0.39, 0.29) is 35.2 Å². The van der Waals surface area contributed by atoms with Crippen LogP contribution >= 0.6 is 0 Å². The van der Waals surface area contributed by atoms with E-state index in [1.54, 1.807) is 25.1 Å². The average molecular weight is 466 g/mol. The van der Waals surface area contributed by atoms with Crippen molar-refractivity contribution in [2.45, 2.75) is 72.2 Å². The molecule has 0 saturated heterocycles. The SMILES string of the molecule is CCOC(=O)CNCc1ccc2c(C(F)(F)F)c(OC3CCC(C(C)(C)C)CC3)ccc2c1. The fraction of sp³-hybridized carbons (Fsp3) is 0.577. The number of rotatable bonds is 7. The predicted octanol–water partition coefficient (Wildman–Crippen LogP) is 6.50. The summed E-state index contributed by atoms with van der Waals surface area (Å²) in [5.41, 5.74) is 0.270. The van der Waals surface area contributed by atoms with Crippen molar-refractivity contribution in [1.82, 2.24) is 5.32 Å². The van der Waals surface area contributed by atoms with Gasteiger partial charge in [0.2, 0.25) is 0 Å². The molecule has 0 unspecified atom stereocenters. The zero-order chi connectivity index (χ0) is 24.2. The Morgan fingerprint density at radius 2 is 1.76 bits per heavy atom. The number of halogens is 3. The number of hydrogen-bond donors (Lipinski definition) is 1. The van der Waals surface area contributed by atoms with Crippen molar-refractivity contribution in [1.29, 1.82) is 0 Å². The average Bonchev–Trinajstić information content (AvgIpc) is 2.72. The Kier molecular flexibility index (Phi) is 7.93. The van der Waals surface area contributed by atoms with E-state index < -0.39 is 11.7 Å². The van der Waals surface area contributed by atoms with Gasteiger partial charge in [0.05, 0.1) is 19.3 Å². The van der Waals surface area contributed by atoms with E-state index in [2.05, 4.69) is 26.1 Å². The summed E-state index contributed by atoms with van der Waals surface area (Å²) in [6, 6.07) is 7.96. The van der Waals surface area contributed by atoms with Crippen LogP contribution in [0.5, 0.6) is 5.75 Å². The molecular weight excluding hydrogens is 431 g/mol. The zero-order valence-electron chi connectivity index (χ0n) is 19.8. The van der Waals surface area contributed by atoms with Gasteiger partial charge in [-0.25, -0.2) is 0 Å². The fourth-order valence-corrected chi connectivity index (χ4v) is 4.61. The minimum Gasteiger partial charge on any atom is -0.490 e. The van der Waals surface area contributed by atoms with Crippen molar-refractivity contribution in [3.8, 4) is 5.75 Å². The molecule has 33 heavy (non-hydrogen) atoms. The molecule has 182 valence electrons. The number of carbonyl (C=O) groups is 1. The summed E-state index contributed by atoms with van der Waals surface area (Å²) in [5, 5.41) is 3.56. The summed E-state index contributed by atoms with van der Waals surface area (Å²) in [4.78, 5) is 11.4. The number of esters is 1. The minimum absolute atomic E-state index is 0.0456. The summed E-state index contributed by atoms with van der Waals surface area (Å²) in [5.74, 6) is 0.102.